The van der Waals surface area contributed by atoms with Crippen LogP contribution in [-0.4, -0.2) is 41.4 Å². The zero-order valence-electron chi connectivity index (χ0n) is 14.5. The molecule has 0 unspecified atom stereocenters. The van der Waals surface area contributed by atoms with E-state index in [0.717, 1.165) is 0 Å². The second-order valence-electron chi connectivity index (χ2n) is 6.41. The Morgan fingerprint density at radius 3 is 2.22 bits per heavy atom. The number of ketones is 1. The van der Waals surface area contributed by atoms with E-state index in [4.69, 9.17) is 27.9 Å². The van der Waals surface area contributed by atoms with Crippen molar-refractivity contribution in [3.8, 4) is 11.5 Å². The molecule has 1 aliphatic heterocycles. The quantitative estimate of drug-likeness (QED) is 0.754. The van der Waals surface area contributed by atoms with Crippen LogP contribution in [0.25, 0.3) is 0 Å². The van der Waals surface area contributed by atoms with Gasteiger partial charge < -0.3 is 14.7 Å². The summed E-state index contributed by atoms with van der Waals surface area (Å²) in [5.41, 5.74) is 0.578. The minimum atomic E-state index is -0.165. The van der Waals surface area contributed by atoms with Crippen molar-refractivity contribution >= 4 is 34.9 Å². The molecule has 1 N–H and O–H groups in total. The van der Waals surface area contributed by atoms with E-state index in [-0.39, 0.29) is 30.0 Å². The molecule has 1 fully saturated rings. The first-order valence-corrected chi connectivity index (χ1v) is 9.39. The molecule has 1 aliphatic rings. The van der Waals surface area contributed by atoms with Gasteiger partial charge in [0.05, 0.1) is 10.0 Å². The van der Waals surface area contributed by atoms with E-state index in [1.807, 2.05) is 0 Å². The smallest absolute Gasteiger partial charge is 0.260 e. The highest BCUT2D eigenvalue weighted by Crippen LogP contribution is 2.32. The van der Waals surface area contributed by atoms with Crippen LogP contribution in [0.3, 0.4) is 0 Å². The van der Waals surface area contributed by atoms with Crippen LogP contribution in [0.5, 0.6) is 11.5 Å². The largest absolute Gasteiger partial charge is 0.508 e. The van der Waals surface area contributed by atoms with Gasteiger partial charge in [0.25, 0.3) is 5.91 Å². The topological polar surface area (TPSA) is 66.8 Å². The number of Topliss-reactive ketones (excluding diaryl/α,β-unsaturated/α-hetero) is 1. The first-order chi connectivity index (χ1) is 13.0. The van der Waals surface area contributed by atoms with Gasteiger partial charge in [-0.05, 0) is 49.2 Å². The number of hydrogen-bond acceptors (Lipinski definition) is 4. The van der Waals surface area contributed by atoms with Crippen molar-refractivity contribution in [1.29, 1.82) is 0 Å². The average Bonchev–Trinajstić information content (AvgIpc) is 2.67. The normalized spacial score (nSPS) is 14.8. The minimum absolute atomic E-state index is 0.0428. The van der Waals surface area contributed by atoms with Gasteiger partial charge in [0, 0.05) is 24.6 Å². The molecule has 1 saturated heterocycles. The summed E-state index contributed by atoms with van der Waals surface area (Å²) in [7, 11) is 0. The van der Waals surface area contributed by atoms with Crippen LogP contribution in [0.4, 0.5) is 0 Å². The van der Waals surface area contributed by atoms with Crippen LogP contribution >= 0.6 is 23.2 Å². The van der Waals surface area contributed by atoms with Crippen molar-refractivity contribution in [3.63, 3.8) is 0 Å². The number of carbonyl (C=O) groups is 2. The van der Waals surface area contributed by atoms with Gasteiger partial charge in [-0.25, -0.2) is 0 Å². The Morgan fingerprint density at radius 2 is 1.63 bits per heavy atom. The third-order valence-electron chi connectivity index (χ3n) is 4.63. The summed E-state index contributed by atoms with van der Waals surface area (Å²) >= 11 is 12.1. The third-order valence-corrected chi connectivity index (χ3v) is 5.22. The van der Waals surface area contributed by atoms with E-state index < -0.39 is 0 Å². The third kappa shape index (κ3) is 4.73. The van der Waals surface area contributed by atoms with Crippen molar-refractivity contribution in [1.82, 2.24) is 4.90 Å². The number of nitrogens with zero attached hydrogens (tertiary/aromatic N) is 1. The maximum atomic E-state index is 12.5. The molecule has 1 amide bonds. The number of piperidine rings is 1. The molecule has 0 radical (unpaired) electrons. The highest BCUT2D eigenvalue weighted by atomic mass is 35.5. The van der Waals surface area contributed by atoms with Gasteiger partial charge >= 0.3 is 0 Å². The number of likely N-dealkylation sites (tertiary alicyclic amines) is 1. The summed E-state index contributed by atoms with van der Waals surface area (Å²) in [6.45, 7) is 0.833. The molecule has 0 aromatic heterocycles. The maximum absolute atomic E-state index is 12.5. The fourth-order valence-corrected chi connectivity index (χ4v) is 3.60. The van der Waals surface area contributed by atoms with Gasteiger partial charge in [0.1, 0.15) is 5.75 Å². The predicted octanol–water partition coefficient (Wildman–Crippen LogP) is 4.20. The van der Waals surface area contributed by atoms with Gasteiger partial charge in [0.2, 0.25) is 0 Å². The Hall–Kier alpha value is -2.24. The molecule has 27 heavy (non-hydrogen) atoms. The van der Waals surface area contributed by atoms with Crippen molar-refractivity contribution in [2.45, 2.75) is 12.8 Å². The molecule has 3 rings (SSSR count). The van der Waals surface area contributed by atoms with E-state index in [0.29, 0.717) is 47.3 Å². The van der Waals surface area contributed by atoms with Gasteiger partial charge in [-0.3, -0.25) is 9.59 Å². The fraction of sp³-hybridized carbons (Fsp3) is 0.300. The molecule has 5 nitrogen and oxygen atoms in total. The first kappa shape index (κ1) is 19.5. The fourth-order valence-electron chi connectivity index (χ4n) is 3.10. The number of ether oxygens (including phenoxy) is 1. The molecule has 0 spiro atoms. The lowest BCUT2D eigenvalue weighted by Crippen LogP contribution is -2.42. The summed E-state index contributed by atoms with van der Waals surface area (Å²) < 4.78 is 5.49. The lowest BCUT2D eigenvalue weighted by Gasteiger charge is -2.31. The number of hydrogen-bond donors (Lipinski definition) is 1. The number of phenols is 1. The average molecular weight is 408 g/mol. The van der Waals surface area contributed by atoms with E-state index in [1.165, 1.54) is 12.1 Å². The standard InChI is InChI=1S/C20H19Cl2NO4/c21-16-2-1-3-17(22)20(16)27-12-18(25)23-10-8-14(9-11-23)19(26)13-4-6-15(24)7-5-13/h1-7,14,24H,8-12H2. The first-order valence-electron chi connectivity index (χ1n) is 8.63. The van der Waals surface area contributed by atoms with E-state index in [2.05, 4.69) is 0 Å². The summed E-state index contributed by atoms with van der Waals surface area (Å²) in [6.07, 6.45) is 1.19. The molecule has 7 heteroatoms. The highest BCUT2D eigenvalue weighted by molar-refractivity contribution is 6.37. The Kier molecular flexibility index (Phi) is 6.24. The van der Waals surface area contributed by atoms with Gasteiger partial charge in [0.15, 0.2) is 18.1 Å². The maximum Gasteiger partial charge on any atom is 0.260 e. The van der Waals surface area contributed by atoms with E-state index >= 15 is 0 Å². The monoisotopic (exact) mass is 407 g/mol. The molecule has 2 aromatic rings. The summed E-state index contributed by atoms with van der Waals surface area (Å²) in [4.78, 5) is 26.6. The SMILES string of the molecule is O=C(c1ccc(O)cc1)C1CCN(C(=O)COc2c(Cl)cccc2Cl)CC1. The van der Waals surface area contributed by atoms with Crippen LogP contribution in [0.15, 0.2) is 42.5 Å². The Bertz CT molecular complexity index is 810. The van der Waals surface area contributed by atoms with Gasteiger partial charge in [-0.15, -0.1) is 0 Å². The lowest BCUT2D eigenvalue weighted by atomic mass is 9.89. The minimum Gasteiger partial charge on any atom is -0.508 e. The number of aromatic hydroxyl groups is 1. The van der Waals surface area contributed by atoms with Crippen LogP contribution in [0.2, 0.25) is 10.0 Å². The molecule has 0 bridgehead atoms. The van der Waals surface area contributed by atoms with Crippen molar-refractivity contribution in [2.24, 2.45) is 5.92 Å². The second kappa shape index (κ2) is 8.63. The van der Waals surface area contributed by atoms with Crippen molar-refractivity contribution in [3.05, 3.63) is 58.1 Å². The number of halogens is 2. The van der Waals surface area contributed by atoms with Gasteiger partial charge in [-0.1, -0.05) is 29.3 Å². The van der Waals surface area contributed by atoms with Crippen molar-refractivity contribution in [2.75, 3.05) is 19.7 Å². The zero-order valence-corrected chi connectivity index (χ0v) is 16.0. The summed E-state index contributed by atoms with van der Waals surface area (Å²) in [6, 6.07) is 11.2. The molecule has 2 aromatic carbocycles. The van der Waals surface area contributed by atoms with E-state index in [1.54, 1.807) is 35.2 Å². The van der Waals surface area contributed by atoms with Crippen LogP contribution in [0, 0.1) is 5.92 Å². The molecular formula is C20H19Cl2NO4. The summed E-state index contributed by atoms with van der Waals surface area (Å²) in [5, 5.41) is 10.0. The van der Waals surface area contributed by atoms with Crippen molar-refractivity contribution < 1.29 is 19.4 Å². The van der Waals surface area contributed by atoms with Gasteiger partial charge in [-0.2, -0.15) is 0 Å². The van der Waals surface area contributed by atoms with E-state index in [9.17, 15) is 14.7 Å². The zero-order chi connectivity index (χ0) is 19.4. The number of para-hydroxylation sites is 1. The second-order valence-corrected chi connectivity index (χ2v) is 7.22. The highest BCUT2D eigenvalue weighted by Gasteiger charge is 2.28. The van der Waals surface area contributed by atoms with Crippen LogP contribution < -0.4 is 4.74 Å². The number of amides is 1. The molecule has 1 heterocycles. The number of rotatable bonds is 5. The Morgan fingerprint density at radius 1 is 1.04 bits per heavy atom. The molecule has 0 saturated carbocycles. The number of carbonyl (C=O) groups excluding carboxylic acids is 2. The molecule has 142 valence electrons. The predicted molar refractivity (Wildman–Crippen MR) is 104 cm³/mol. The molecule has 0 aliphatic carbocycles. The molecule has 0 atom stereocenters. The van der Waals surface area contributed by atoms with Crippen LogP contribution in [-0.2, 0) is 4.79 Å². The number of benzene rings is 2. The molecular weight excluding hydrogens is 389 g/mol. The lowest BCUT2D eigenvalue weighted by molar-refractivity contribution is -0.134. The number of phenolic OH excluding ortho intramolecular Hbond substituents is 1. The Balaban J connectivity index is 1.52. The Labute approximate surface area is 167 Å². The summed E-state index contributed by atoms with van der Waals surface area (Å²) in [5.74, 6) is 0.178. The van der Waals surface area contributed by atoms with Crippen LogP contribution in [0.1, 0.15) is 23.2 Å².